The molecule has 1 N–H and O–H groups in total. The molecule has 0 saturated carbocycles. The predicted molar refractivity (Wildman–Crippen MR) is 138 cm³/mol. The molecule has 37 heavy (non-hydrogen) atoms. The zero-order valence-corrected chi connectivity index (χ0v) is 22.0. The van der Waals surface area contributed by atoms with E-state index in [-0.39, 0.29) is 17.9 Å². The number of aliphatic hydroxyl groups excluding tert-OH is 1. The van der Waals surface area contributed by atoms with Crippen molar-refractivity contribution in [3.8, 4) is 23.0 Å². The normalized spacial score (nSPS) is 16.7. The maximum Gasteiger partial charge on any atom is 0.295 e. The molecule has 2 aromatic rings. The van der Waals surface area contributed by atoms with Crippen molar-refractivity contribution >= 4 is 17.4 Å². The number of ketones is 1. The Morgan fingerprint density at radius 3 is 2.24 bits per heavy atom. The topological polar surface area (TPSA) is 104 Å². The maximum atomic E-state index is 13.3. The Hall–Kier alpha value is -3.72. The van der Waals surface area contributed by atoms with E-state index in [2.05, 4.69) is 6.92 Å². The van der Waals surface area contributed by atoms with Gasteiger partial charge in [0.15, 0.2) is 11.5 Å². The van der Waals surface area contributed by atoms with Crippen molar-refractivity contribution in [1.82, 2.24) is 4.90 Å². The molecule has 1 unspecified atom stereocenters. The molecular weight excluding hydrogens is 478 g/mol. The van der Waals surface area contributed by atoms with Crippen LogP contribution in [0, 0.1) is 0 Å². The number of ether oxygens (including phenoxy) is 5. The molecule has 3 rings (SSSR count). The Balaban J connectivity index is 2.16. The average Bonchev–Trinajstić information content (AvgIpc) is 3.17. The van der Waals surface area contributed by atoms with Gasteiger partial charge in [0, 0.05) is 25.8 Å². The molecule has 0 aromatic heterocycles. The second-order valence-electron chi connectivity index (χ2n) is 8.53. The van der Waals surface area contributed by atoms with Crippen molar-refractivity contribution in [2.24, 2.45) is 0 Å². The summed E-state index contributed by atoms with van der Waals surface area (Å²) in [5.74, 6) is -0.0838. The highest BCUT2D eigenvalue weighted by Gasteiger charge is 2.46. The lowest BCUT2D eigenvalue weighted by Crippen LogP contribution is -2.31. The van der Waals surface area contributed by atoms with Crippen LogP contribution in [-0.4, -0.2) is 69.9 Å². The van der Waals surface area contributed by atoms with Gasteiger partial charge in [-0.1, -0.05) is 25.5 Å². The summed E-state index contributed by atoms with van der Waals surface area (Å²) < 4.78 is 27.4. The van der Waals surface area contributed by atoms with Crippen LogP contribution in [0.4, 0.5) is 0 Å². The summed E-state index contributed by atoms with van der Waals surface area (Å²) >= 11 is 0. The molecule has 1 saturated heterocycles. The molecule has 0 radical (unpaired) electrons. The van der Waals surface area contributed by atoms with Crippen LogP contribution in [0.5, 0.6) is 23.0 Å². The van der Waals surface area contributed by atoms with Crippen LogP contribution in [0.3, 0.4) is 0 Å². The highest BCUT2D eigenvalue weighted by Crippen LogP contribution is 2.45. The van der Waals surface area contributed by atoms with Crippen molar-refractivity contribution < 1.29 is 38.4 Å². The molecule has 1 aliphatic rings. The molecule has 9 heteroatoms. The number of Topliss-reactive ketones (excluding diaryl/α,β-unsaturated/α-hetero) is 1. The zero-order valence-electron chi connectivity index (χ0n) is 22.0. The monoisotopic (exact) mass is 513 g/mol. The van der Waals surface area contributed by atoms with Gasteiger partial charge in [-0.25, -0.2) is 0 Å². The molecule has 9 nitrogen and oxygen atoms in total. The summed E-state index contributed by atoms with van der Waals surface area (Å²) in [6.07, 6.45) is 2.39. The van der Waals surface area contributed by atoms with Gasteiger partial charge in [0.1, 0.15) is 11.5 Å². The lowest BCUT2D eigenvalue weighted by molar-refractivity contribution is -0.140. The van der Waals surface area contributed by atoms with E-state index in [1.54, 1.807) is 43.5 Å². The Bertz CT molecular complexity index is 1120. The van der Waals surface area contributed by atoms with Crippen LogP contribution in [0.15, 0.2) is 42.0 Å². The van der Waals surface area contributed by atoms with Crippen molar-refractivity contribution in [3.05, 3.63) is 53.1 Å². The number of hydrogen-bond donors (Lipinski definition) is 1. The first-order chi connectivity index (χ1) is 17.9. The van der Waals surface area contributed by atoms with Gasteiger partial charge >= 0.3 is 0 Å². The molecule has 1 fully saturated rings. The van der Waals surface area contributed by atoms with Crippen LogP contribution >= 0.6 is 0 Å². The van der Waals surface area contributed by atoms with Gasteiger partial charge < -0.3 is 33.7 Å². The molecule has 0 bridgehead atoms. The first kappa shape index (κ1) is 27.9. The van der Waals surface area contributed by atoms with Crippen LogP contribution in [-0.2, 0) is 14.3 Å². The number of hydrogen-bond acceptors (Lipinski definition) is 8. The Labute approximate surface area is 217 Å². The summed E-state index contributed by atoms with van der Waals surface area (Å²) in [5, 5.41) is 11.4. The molecule has 200 valence electrons. The van der Waals surface area contributed by atoms with Crippen molar-refractivity contribution in [1.29, 1.82) is 0 Å². The fourth-order valence-electron chi connectivity index (χ4n) is 4.32. The van der Waals surface area contributed by atoms with Crippen LogP contribution in [0.25, 0.3) is 5.76 Å². The number of likely N-dealkylation sites (tertiary alicyclic amines) is 1. The van der Waals surface area contributed by atoms with Gasteiger partial charge in [0.2, 0.25) is 5.75 Å². The van der Waals surface area contributed by atoms with E-state index in [4.69, 9.17) is 23.7 Å². The van der Waals surface area contributed by atoms with Crippen LogP contribution < -0.4 is 18.9 Å². The van der Waals surface area contributed by atoms with Gasteiger partial charge in [-0.05, 0) is 42.7 Å². The third-order valence-corrected chi connectivity index (χ3v) is 6.16. The Morgan fingerprint density at radius 2 is 1.65 bits per heavy atom. The largest absolute Gasteiger partial charge is 0.507 e. The van der Waals surface area contributed by atoms with Crippen LogP contribution in [0.1, 0.15) is 43.4 Å². The van der Waals surface area contributed by atoms with E-state index >= 15 is 0 Å². The maximum absolute atomic E-state index is 13.3. The predicted octanol–water partition coefficient (Wildman–Crippen LogP) is 4.35. The minimum Gasteiger partial charge on any atom is -0.507 e. The highest BCUT2D eigenvalue weighted by atomic mass is 16.5. The number of rotatable bonds is 13. The average molecular weight is 514 g/mol. The smallest absolute Gasteiger partial charge is 0.295 e. The molecule has 1 atom stereocenters. The number of carbonyl (C=O) groups excluding carboxylic acids is 2. The molecule has 1 aliphatic heterocycles. The van der Waals surface area contributed by atoms with Gasteiger partial charge in [-0.15, -0.1) is 0 Å². The summed E-state index contributed by atoms with van der Waals surface area (Å²) in [4.78, 5) is 27.9. The fourth-order valence-corrected chi connectivity index (χ4v) is 4.32. The quantitative estimate of drug-likeness (QED) is 0.183. The van der Waals surface area contributed by atoms with E-state index in [1.165, 1.54) is 26.2 Å². The lowest BCUT2D eigenvalue weighted by Gasteiger charge is -2.26. The summed E-state index contributed by atoms with van der Waals surface area (Å²) in [6, 6.07) is 9.33. The van der Waals surface area contributed by atoms with E-state index in [0.29, 0.717) is 53.8 Å². The highest BCUT2D eigenvalue weighted by molar-refractivity contribution is 6.46. The molecule has 1 heterocycles. The minimum absolute atomic E-state index is 0.0256. The fraction of sp³-hybridized carbons (Fsp3) is 0.429. The van der Waals surface area contributed by atoms with Gasteiger partial charge in [0.25, 0.3) is 11.7 Å². The van der Waals surface area contributed by atoms with Crippen molar-refractivity contribution in [2.45, 2.75) is 32.2 Å². The van der Waals surface area contributed by atoms with Gasteiger partial charge in [-0.3, -0.25) is 9.59 Å². The third-order valence-electron chi connectivity index (χ3n) is 6.16. The van der Waals surface area contributed by atoms with Crippen molar-refractivity contribution in [2.75, 3.05) is 48.2 Å². The van der Waals surface area contributed by atoms with E-state index < -0.39 is 17.7 Å². The molecule has 0 aliphatic carbocycles. The number of benzene rings is 2. The summed E-state index contributed by atoms with van der Waals surface area (Å²) in [6.45, 7) is 3.26. The van der Waals surface area contributed by atoms with E-state index in [9.17, 15) is 14.7 Å². The molecule has 0 spiro atoms. The Kier molecular flexibility index (Phi) is 9.79. The second kappa shape index (κ2) is 13.0. The molecule has 1 amide bonds. The van der Waals surface area contributed by atoms with E-state index in [1.807, 2.05) is 0 Å². The SMILES string of the molecule is CCCCOc1cccc(/C(O)=C2\C(=O)C(=O)N(CCCOC)C2c2cc(OC)c(OC)c(OC)c2)c1. The van der Waals surface area contributed by atoms with Gasteiger partial charge in [-0.2, -0.15) is 0 Å². The number of aliphatic hydroxyl groups is 1. The number of amides is 1. The number of methoxy groups -OCH3 is 4. The van der Waals surface area contributed by atoms with Crippen LogP contribution in [0.2, 0.25) is 0 Å². The number of nitrogens with zero attached hydrogens (tertiary/aromatic N) is 1. The zero-order chi connectivity index (χ0) is 26.9. The number of carbonyl (C=O) groups is 2. The summed E-state index contributed by atoms with van der Waals surface area (Å²) in [5.41, 5.74) is 0.881. The third kappa shape index (κ3) is 5.99. The number of unbranched alkanes of at least 4 members (excludes halogenated alkanes) is 1. The van der Waals surface area contributed by atoms with Crippen molar-refractivity contribution in [3.63, 3.8) is 0 Å². The molecular formula is C28H35NO8. The first-order valence-corrected chi connectivity index (χ1v) is 12.2. The van der Waals surface area contributed by atoms with Gasteiger partial charge in [0.05, 0.1) is 39.6 Å². The molecule has 2 aromatic carbocycles. The summed E-state index contributed by atoms with van der Waals surface area (Å²) in [7, 11) is 6.04. The second-order valence-corrected chi connectivity index (χ2v) is 8.53. The standard InChI is InChI=1S/C28H35NO8/c1-6-7-14-37-20-11-8-10-18(15-20)25(30)23-24(29(12-9-13-33-2)28(32)26(23)31)19-16-21(34-3)27(36-5)22(17-19)35-4/h8,10-11,15-17,24,30H,6-7,9,12-14H2,1-5H3/b25-23+. The van der Waals surface area contributed by atoms with E-state index in [0.717, 1.165) is 12.8 Å². The minimum atomic E-state index is -0.879. The Morgan fingerprint density at radius 1 is 0.946 bits per heavy atom. The first-order valence-electron chi connectivity index (χ1n) is 12.2. The lowest BCUT2D eigenvalue weighted by atomic mass is 9.94.